The molecule has 2 aromatic rings. The minimum absolute atomic E-state index is 0. The van der Waals surface area contributed by atoms with E-state index < -0.39 is 33.0 Å². The molecule has 0 saturated heterocycles. The molecule has 0 saturated carbocycles. The monoisotopic (exact) mass is 398 g/mol. The standard InChI is InChI=1S/C14H17F3N4O3S.FH/c1-4-8-5-9(7(2)3)10(6-11(8)25(22,23)24)21-13(18)19-12(20-21)14(15,16)17;/h5-7H,4H2,1-3H3,(H2,18,19,20)(H,22,23,24);1H. The van der Waals surface area contributed by atoms with Crippen molar-refractivity contribution in [1.29, 1.82) is 0 Å². The number of aryl methyl sites for hydroxylation is 1. The Bertz CT molecular complexity index is 908. The molecule has 0 radical (unpaired) electrons. The van der Waals surface area contributed by atoms with Crippen molar-refractivity contribution < 1.29 is 30.8 Å². The zero-order valence-corrected chi connectivity index (χ0v) is 14.9. The Morgan fingerprint density at radius 2 is 1.88 bits per heavy atom. The fourth-order valence-corrected chi connectivity index (χ4v) is 3.21. The van der Waals surface area contributed by atoms with Crippen LogP contribution in [0.4, 0.5) is 23.8 Å². The predicted molar refractivity (Wildman–Crippen MR) is 86.6 cm³/mol. The van der Waals surface area contributed by atoms with E-state index in [2.05, 4.69) is 10.1 Å². The van der Waals surface area contributed by atoms with Gasteiger partial charge in [-0.2, -0.15) is 31.3 Å². The van der Waals surface area contributed by atoms with E-state index in [1.165, 1.54) is 6.07 Å². The first-order valence-electron chi connectivity index (χ1n) is 7.30. The number of rotatable bonds is 4. The van der Waals surface area contributed by atoms with Crippen LogP contribution in [-0.2, 0) is 22.7 Å². The highest BCUT2D eigenvalue weighted by atomic mass is 32.2. The Hall–Kier alpha value is -2.21. The molecule has 12 heteroatoms. The summed E-state index contributed by atoms with van der Waals surface area (Å²) in [5.74, 6) is -2.15. The smallest absolute Gasteiger partial charge is 0.368 e. The molecule has 0 unspecified atom stereocenters. The lowest BCUT2D eigenvalue weighted by molar-refractivity contribution is -0.144. The lowest BCUT2D eigenvalue weighted by Gasteiger charge is -2.17. The molecule has 0 aliphatic carbocycles. The van der Waals surface area contributed by atoms with E-state index in [0.29, 0.717) is 17.5 Å². The van der Waals surface area contributed by atoms with Gasteiger partial charge in [-0.15, -0.1) is 5.10 Å². The van der Waals surface area contributed by atoms with Gasteiger partial charge >= 0.3 is 6.18 Å². The van der Waals surface area contributed by atoms with E-state index in [4.69, 9.17) is 5.73 Å². The van der Waals surface area contributed by atoms with Crippen LogP contribution in [0.5, 0.6) is 0 Å². The molecule has 0 aliphatic heterocycles. The van der Waals surface area contributed by atoms with Crippen LogP contribution in [0.1, 0.15) is 43.6 Å². The van der Waals surface area contributed by atoms with Crippen molar-refractivity contribution in [1.82, 2.24) is 14.8 Å². The molecule has 0 atom stereocenters. The Labute approximate surface area is 147 Å². The summed E-state index contributed by atoms with van der Waals surface area (Å²) in [6.45, 7) is 5.26. The average Bonchev–Trinajstić information content (AvgIpc) is 2.86. The van der Waals surface area contributed by atoms with E-state index >= 15 is 0 Å². The summed E-state index contributed by atoms with van der Waals surface area (Å²) in [6.07, 6.45) is -4.50. The van der Waals surface area contributed by atoms with Gasteiger partial charge in [0.25, 0.3) is 15.9 Å². The fraction of sp³-hybridized carbons (Fsp3) is 0.429. The lowest BCUT2D eigenvalue weighted by Crippen LogP contribution is -2.12. The van der Waals surface area contributed by atoms with Gasteiger partial charge < -0.3 is 5.73 Å². The maximum Gasteiger partial charge on any atom is 0.453 e. The molecule has 0 fully saturated rings. The number of halogens is 4. The van der Waals surface area contributed by atoms with Gasteiger partial charge in [0.2, 0.25) is 5.95 Å². The summed E-state index contributed by atoms with van der Waals surface area (Å²) in [5, 5.41) is 3.35. The molecule has 0 bridgehead atoms. The SMILES string of the molecule is CCc1cc(C(C)C)c(-n2nc(C(F)(F)F)nc2N)cc1S(=O)(=O)O.F. The van der Waals surface area contributed by atoms with Crippen LogP contribution in [0, 0.1) is 0 Å². The van der Waals surface area contributed by atoms with Crippen molar-refractivity contribution in [3.05, 3.63) is 29.1 Å². The summed E-state index contributed by atoms with van der Waals surface area (Å²) in [4.78, 5) is 2.78. The van der Waals surface area contributed by atoms with Crippen LogP contribution in [0.25, 0.3) is 5.69 Å². The van der Waals surface area contributed by atoms with Gasteiger partial charge in [0.15, 0.2) is 0 Å². The fourth-order valence-electron chi connectivity index (χ4n) is 2.42. The Morgan fingerprint density at radius 3 is 2.27 bits per heavy atom. The Kier molecular flexibility index (Phi) is 6.04. The van der Waals surface area contributed by atoms with Crippen molar-refractivity contribution in [3.63, 3.8) is 0 Å². The van der Waals surface area contributed by atoms with Crippen LogP contribution in [-0.4, -0.2) is 27.7 Å². The van der Waals surface area contributed by atoms with E-state index in [1.54, 1.807) is 20.8 Å². The van der Waals surface area contributed by atoms with E-state index in [9.17, 15) is 26.1 Å². The third-order valence-electron chi connectivity index (χ3n) is 3.60. The summed E-state index contributed by atoms with van der Waals surface area (Å²) in [6, 6.07) is 2.58. The van der Waals surface area contributed by atoms with Crippen molar-refractivity contribution in [2.75, 3.05) is 5.73 Å². The van der Waals surface area contributed by atoms with Crippen LogP contribution in [0.3, 0.4) is 0 Å². The third-order valence-corrected chi connectivity index (χ3v) is 4.54. The molecule has 26 heavy (non-hydrogen) atoms. The summed E-state index contributed by atoms with van der Waals surface area (Å²) in [5.41, 5.74) is 6.42. The molecule has 1 aromatic carbocycles. The van der Waals surface area contributed by atoms with Gasteiger partial charge in [-0.05, 0) is 29.5 Å². The average molecular weight is 398 g/mol. The summed E-state index contributed by atoms with van der Waals surface area (Å²) < 4.78 is 71.8. The van der Waals surface area contributed by atoms with Gasteiger partial charge in [0.05, 0.1) is 10.6 Å². The second-order valence-electron chi connectivity index (χ2n) is 5.71. The van der Waals surface area contributed by atoms with Gasteiger partial charge in [-0.3, -0.25) is 9.26 Å². The third kappa shape index (κ3) is 4.12. The first-order chi connectivity index (χ1) is 11.4. The van der Waals surface area contributed by atoms with Crippen LogP contribution >= 0.6 is 0 Å². The number of nitrogen functional groups attached to an aromatic ring is 1. The number of nitrogens with zero attached hydrogens (tertiary/aromatic N) is 3. The first kappa shape index (κ1) is 21.8. The summed E-state index contributed by atoms with van der Waals surface area (Å²) in [7, 11) is -4.58. The molecule has 1 aromatic heterocycles. The molecule has 3 N–H and O–H groups in total. The highest BCUT2D eigenvalue weighted by molar-refractivity contribution is 7.85. The molecule has 0 aliphatic rings. The van der Waals surface area contributed by atoms with Gasteiger partial charge in [0.1, 0.15) is 0 Å². The molecular formula is C14H18F4N4O3S. The maximum atomic E-state index is 12.8. The van der Waals surface area contributed by atoms with Gasteiger partial charge in [0, 0.05) is 0 Å². The maximum absolute atomic E-state index is 12.8. The quantitative estimate of drug-likeness (QED) is 0.605. The number of aromatic nitrogens is 3. The number of hydrogen-bond donors (Lipinski definition) is 2. The number of alkyl halides is 3. The minimum atomic E-state index is -4.80. The molecule has 7 nitrogen and oxygen atoms in total. The predicted octanol–water partition coefficient (Wildman–Crippen LogP) is 2.95. The largest absolute Gasteiger partial charge is 0.453 e. The number of nitrogens with two attached hydrogens (primary N) is 1. The molecule has 0 spiro atoms. The Balaban J connectivity index is 0.00000338. The molecule has 146 valence electrons. The summed E-state index contributed by atoms with van der Waals surface area (Å²) >= 11 is 0. The zero-order valence-electron chi connectivity index (χ0n) is 14.1. The Morgan fingerprint density at radius 1 is 1.31 bits per heavy atom. The van der Waals surface area contributed by atoms with E-state index in [0.717, 1.165) is 10.7 Å². The van der Waals surface area contributed by atoms with Crippen LogP contribution < -0.4 is 5.73 Å². The second-order valence-corrected chi connectivity index (χ2v) is 7.10. The van der Waals surface area contributed by atoms with Crippen molar-refractivity contribution >= 4 is 16.1 Å². The highest BCUT2D eigenvalue weighted by Crippen LogP contribution is 2.32. The number of benzene rings is 1. The molecule has 1 heterocycles. The zero-order chi connectivity index (χ0) is 19.2. The van der Waals surface area contributed by atoms with Gasteiger partial charge in [-0.1, -0.05) is 26.8 Å². The number of hydrogen-bond acceptors (Lipinski definition) is 5. The van der Waals surface area contributed by atoms with E-state index in [-0.39, 0.29) is 16.3 Å². The molecule has 2 rings (SSSR count). The minimum Gasteiger partial charge on any atom is -0.368 e. The van der Waals surface area contributed by atoms with Crippen molar-refractivity contribution in [3.8, 4) is 5.69 Å². The lowest BCUT2D eigenvalue weighted by atomic mass is 9.97. The first-order valence-corrected chi connectivity index (χ1v) is 8.74. The van der Waals surface area contributed by atoms with Crippen molar-refractivity contribution in [2.45, 2.75) is 44.2 Å². The normalized spacial score (nSPS) is 12.3. The molecule has 0 amide bonds. The topological polar surface area (TPSA) is 111 Å². The molecular weight excluding hydrogens is 380 g/mol. The van der Waals surface area contributed by atoms with Gasteiger partial charge in [-0.25, -0.2) is 0 Å². The van der Waals surface area contributed by atoms with Crippen LogP contribution in [0.15, 0.2) is 17.0 Å². The van der Waals surface area contributed by atoms with Crippen LogP contribution in [0.2, 0.25) is 0 Å². The second kappa shape index (κ2) is 7.19. The van der Waals surface area contributed by atoms with E-state index in [1.807, 2.05) is 0 Å². The number of anilines is 1. The highest BCUT2D eigenvalue weighted by Gasteiger charge is 2.37. The van der Waals surface area contributed by atoms with Crippen molar-refractivity contribution in [2.24, 2.45) is 0 Å².